The lowest BCUT2D eigenvalue weighted by Gasteiger charge is -2.24. The van der Waals surface area contributed by atoms with E-state index in [1.54, 1.807) is 92.9 Å². The second-order valence-electron chi connectivity index (χ2n) is 12.3. The number of benzene rings is 4. The molecule has 2 N–H and O–H groups in total. The van der Waals surface area contributed by atoms with Gasteiger partial charge in [-0.15, -0.1) is 0 Å². The lowest BCUT2D eigenvalue weighted by molar-refractivity contribution is 0.0409. The van der Waals surface area contributed by atoms with Crippen LogP contribution in [0.25, 0.3) is 0 Å². The van der Waals surface area contributed by atoms with Gasteiger partial charge in [-0.3, -0.25) is 0 Å². The predicted molar refractivity (Wildman–Crippen MR) is 191 cm³/mol. The van der Waals surface area contributed by atoms with E-state index in [9.17, 15) is 10.2 Å². The number of hydrogen-bond acceptors (Lipinski definition) is 11. The highest BCUT2D eigenvalue weighted by molar-refractivity contribution is 5.47. The van der Waals surface area contributed by atoms with Gasteiger partial charge in [0.15, 0.2) is 46.0 Å². The van der Waals surface area contributed by atoms with Crippen LogP contribution in [0, 0.1) is 0 Å². The number of methoxy groups -OCH3 is 6. The summed E-state index contributed by atoms with van der Waals surface area (Å²) in [5.74, 6) is 4.30. The molecule has 5 rings (SSSR count). The van der Waals surface area contributed by atoms with Gasteiger partial charge >= 0.3 is 0 Å². The van der Waals surface area contributed by atoms with E-state index in [2.05, 4.69) is 0 Å². The van der Waals surface area contributed by atoms with Crippen LogP contribution in [0.1, 0.15) is 73.4 Å². The van der Waals surface area contributed by atoms with Gasteiger partial charge in [0, 0.05) is 0 Å². The van der Waals surface area contributed by atoms with E-state index in [1.165, 1.54) is 0 Å². The van der Waals surface area contributed by atoms with Crippen LogP contribution in [0.15, 0.2) is 72.8 Å². The second-order valence-corrected chi connectivity index (χ2v) is 12.3. The molecular weight excluding hydrogens is 656 g/mol. The van der Waals surface area contributed by atoms with E-state index in [-0.39, 0.29) is 12.2 Å². The van der Waals surface area contributed by atoms with E-state index in [0.717, 1.165) is 24.0 Å². The average molecular weight is 705 g/mol. The highest BCUT2D eigenvalue weighted by Gasteiger charge is 2.30. The van der Waals surface area contributed by atoms with E-state index >= 15 is 0 Å². The van der Waals surface area contributed by atoms with Crippen LogP contribution in [0.2, 0.25) is 0 Å². The molecule has 0 spiro atoms. The van der Waals surface area contributed by atoms with Crippen LogP contribution in [0.4, 0.5) is 0 Å². The number of ether oxygens (including phenoxy) is 9. The summed E-state index contributed by atoms with van der Waals surface area (Å²) in [6.45, 7) is 3.59. The maximum atomic E-state index is 11.0. The van der Waals surface area contributed by atoms with Crippen molar-refractivity contribution in [2.45, 2.75) is 63.3 Å². The van der Waals surface area contributed by atoms with Crippen molar-refractivity contribution < 1.29 is 52.8 Å². The molecule has 4 aromatic carbocycles. The van der Waals surface area contributed by atoms with E-state index in [0.29, 0.717) is 57.1 Å². The minimum atomic E-state index is -0.923. The minimum absolute atomic E-state index is 0.161. The highest BCUT2D eigenvalue weighted by Crippen LogP contribution is 2.45. The Morgan fingerprint density at radius 1 is 0.471 bits per heavy atom. The molecule has 1 aliphatic rings. The Morgan fingerprint density at radius 3 is 1.16 bits per heavy atom. The van der Waals surface area contributed by atoms with Crippen LogP contribution in [0.3, 0.4) is 0 Å². The Morgan fingerprint density at radius 2 is 0.804 bits per heavy atom. The predicted octanol–water partition coefficient (Wildman–Crippen LogP) is 7.33. The molecule has 51 heavy (non-hydrogen) atoms. The summed E-state index contributed by atoms with van der Waals surface area (Å²) in [5, 5.41) is 22.1. The van der Waals surface area contributed by atoms with Crippen LogP contribution in [-0.2, 0) is 4.74 Å². The minimum Gasteiger partial charge on any atom is -0.493 e. The van der Waals surface area contributed by atoms with Gasteiger partial charge < -0.3 is 52.8 Å². The third kappa shape index (κ3) is 8.39. The quantitative estimate of drug-likeness (QED) is 0.122. The molecule has 3 unspecified atom stereocenters. The number of rotatable bonds is 16. The van der Waals surface area contributed by atoms with Crippen molar-refractivity contribution in [3.05, 3.63) is 95.1 Å². The number of aliphatic hydroxyl groups excluding tert-OH is 2. The van der Waals surface area contributed by atoms with Gasteiger partial charge in [-0.2, -0.15) is 0 Å². The maximum absolute atomic E-state index is 11.0. The molecule has 0 bridgehead atoms. The third-order valence-corrected chi connectivity index (χ3v) is 9.15. The molecule has 0 aliphatic carbocycles. The van der Waals surface area contributed by atoms with Gasteiger partial charge in [0.2, 0.25) is 0 Å². The molecule has 1 aliphatic heterocycles. The van der Waals surface area contributed by atoms with Crippen molar-refractivity contribution in [2.75, 3.05) is 42.7 Å². The number of aliphatic hydroxyl groups is 2. The molecule has 0 aromatic heterocycles. The zero-order valence-corrected chi connectivity index (χ0v) is 30.4. The Balaban J connectivity index is 1.23. The molecule has 6 atom stereocenters. The topological polar surface area (TPSA) is 124 Å². The van der Waals surface area contributed by atoms with Crippen molar-refractivity contribution in [1.82, 2.24) is 0 Å². The summed E-state index contributed by atoms with van der Waals surface area (Å²) in [6.07, 6.45) is -1.74. The summed E-state index contributed by atoms with van der Waals surface area (Å²) in [7, 11) is 9.41. The first-order valence-corrected chi connectivity index (χ1v) is 16.8. The highest BCUT2D eigenvalue weighted by atomic mass is 16.5. The van der Waals surface area contributed by atoms with Crippen LogP contribution < -0.4 is 37.9 Å². The molecule has 274 valence electrons. The first-order chi connectivity index (χ1) is 24.6. The fraction of sp³-hybridized carbons (Fsp3) is 0.400. The Hall–Kier alpha value is -4.84. The van der Waals surface area contributed by atoms with E-state index in [4.69, 9.17) is 42.6 Å². The lowest BCUT2D eigenvalue weighted by Crippen LogP contribution is -2.22. The summed E-state index contributed by atoms with van der Waals surface area (Å²) in [6, 6.07) is 22.0. The van der Waals surface area contributed by atoms with Crippen LogP contribution in [-0.4, -0.2) is 65.1 Å². The van der Waals surface area contributed by atoms with Gasteiger partial charge in [0.1, 0.15) is 24.4 Å². The summed E-state index contributed by atoms with van der Waals surface area (Å²) < 4.78 is 51.7. The van der Waals surface area contributed by atoms with Crippen molar-refractivity contribution in [3.8, 4) is 46.0 Å². The fourth-order valence-electron chi connectivity index (χ4n) is 6.24. The zero-order chi connectivity index (χ0) is 36.7. The van der Waals surface area contributed by atoms with Crippen molar-refractivity contribution in [3.63, 3.8) is 0 Å². The zero-order valence-electron chi connectivity index (χ0n) is 30.4. The summed E-state index contributed by atoms with van der Waals surface area (Å²) in [4.78, 5) is 0. The van der Waals surface area contributed by atoms with E-state index < -0.39 is 24.4 Å². The SMILES string of the molecule is COc1ccc(C(O)C(C)Oc2ccc([C@@H]3CCC(c4ccc(O[C@H](C)[C@H](O)c5ccc(OC)c(OC)c5)c(OC)c4)O3)cc2OC)cc1OC. The summed E-state index contributed by atoms with van der Waals surface area (Å²) >= 11 is 0. The first-order valence-electron chi connectivity index (χ1n) is 16.8. The molecule has 1 saturated heterocycles. The van der Waals surface area contributed by atoms with Gasteiger partial charge in [-0.25, -0.2) is 0 Å². The molecule has 0 amide bonds. The van der Waals surface area contributed by atoms with Gasteiger partial charge in [0.05, 0.1) is 54.9 Å². The molecule has 0 saturated carbocycles. The average Bonchev–Trinajstić information content (AvgIpc) is 3.67. The third-order valence-electron chi connectivity index (χ3n) is 9.15. The fourth-order valence-corrected chi connectivity index (χ4v) is 6.24. The molecule has 11 nitrogen and oxygen atoms in total. The number of hydrogen-bond donors (Lipinski definition) is 2. The van der Waals surface area contributed by atoms with Gasteiger partial charge in [-0.05, 0) is 97.5 Å². The Bertz CT molecular complexity index is 1630. The second kappa shape index (κ2) is 16.9. The normalized spacial score (nSPS) is 17.8. The maximum Gasteiger partial charge on any atom is 0.161 e. The van der Waals surface area contributed by atoms with Crippen molar-refractivity contribution in [2.24, 2.45) is 0 Å². The molecule has 0 radical (unpaired) electrons. The Labute approximate surface area is 299 Å². The van der Waals surface area contributed by atoms with Gasteiger partial charge in [-0.1, -0.05) is 24.3 Å². The van der Waals surface area contributed by atoms with Gasteiger partial charge in [0.25, 0.3) is 0 Å². The molecule has 11 heteroatoms. The standard InChI is InChI=1S/C40H48O11/c1-23(39(41)27-11-13-31(43-3)35(21-27)45-5)49-33-15-9-25(19-37(33)47-7)29-17-18-30(51-29)26-10-16-34(38(20-26)48-8)50-24(2)40(42)28-12-14-32(44-4)36(22-28)46-6/h9-16,19-24,29-30,39-42H,17-18H2,1-8H3/t23-,24?,29?,30+,39+,40?/m1/s1. The van der Waals surface area contributed by atoms with Crippen molar-refractivity contribution in [1.29, 1.82) is 0 Å². The molecular formula is C40H48O11. The van der Waals surface area contributed by atoms with Crippen LogP contribution >= 0.6 is 0 Å². The monoisotopic (exact) mass is 704 g/mol. The van der Waals surface area contributed by atoms with Crippen molar-refractivity contribution >= 4 is 0 Å². The molecule has 4 aromatic rings. The lowest BCUT2D eigenvalue weighted by atomic mass is 10.0. The van der Waals surface area contributed by atoms with Crippen LogP contribution in [0.5, 0.6) is 46.0 Å². The smallest absolute Gasteiger partial charge is 0.161 e. The Kier molecular flexibility index (Phi) is 12.4. The van der Waals surface area contributed by atoms with E-state index in [1.807, 2.05) is 36.4 Å². The summed E-state index contributed by atoms with van der Waals surface area (Å²) in [5.41, 5.74) is 3.19. The first kappa shape index (κ1) is 37.4. The molecule has 1 heterocycles. The largest absolute Gasteiger partial charge is 0.493 e. The molecule has 1 fully saturated rings.